The number of benzene rings is 1. The second kappa shape index (κ2) is 6.01. The summed E-state index contributed by atoms with van der Waals surface area (Å²) in [7, 11) is 2.06. The van der Waals surface area contributed by atoms with Crippen molar-refractivity contribution >= 4 is 5.69 Å². The van der Waals surface area contributed by atoms with Crippen molar-refractivity contribution in [2.45, 2.75) is 13.1 Å². The van der Waals surface area contributed by atoms with Crippen molar-refractivity contribution in [2.24, 2.45) is 0 Å². The van der Waals surface area contributed by atoms with Crippen LogP contribution in [0.4, 0.5) is 5.69 Å². The minimum Gasteiger partial charge on any atom is -0.486 e. The van der Waals surface area contributed by atoms with Gasteiger partial charge in [-0.25, -0.2) is 0 Å². The van der Waals surface area contributed by atoms with Gasteiger partial charge in [-0.1, -0.05) is 6.07 Å². The quantitative estimate of drug-likeness (QED) is 0.871. The van der Waals surface area contributed by atoms with E-state index < -0.39 is 0 Å². The maximum Gasteiger partial charge on any atom is 0.163 e. The van der Waals surface area contributed by atoms with Crippen molar-refractivity contribution in [3.8, 4) is 11.5 Å². The average Bonchev–Trinajstić information content (AvgIpc) is 2.49. The van der Waals surface area contributed by atoms with Gasteiger partial charge in [-0.2, -0.15) is 0 Å². The number of fused-ring (bicyclic) bond motifs is 1. The molecule has 0 radical (unpaired) electrons. The first-order valence-electron chi connectivity index (χ1n) is 6.98. The van der Waals surface area contributed by atoms with Crippen LogP contribution < -0.4 is 15.2 Å². The second-order valence-electron chi connectivity index (χ2n) is 5.23. The summed E-state index contributed by atoms with van der Waals surface area (Å²) in [6.07, 6.45) is 3.66. The minimum absolute atomic E-state index is 0.576. The number of hydrogen-bond acceptors (Lipinski definition) is 5. The van der Waals surface area contributed by atoms with Crippen LogP contribution in [0.1, 0.15) is 11.1 Å². The summed E-state index contributed by atoms with van der Waals surface area (Å²) in [5, 5.41) is 0. The van der Waals surface area contributed by atoms with Crippen molar-refractivity contribution in [1.82, 2.24) is 9.88 Å². The fraction of sp³-hybridized carbons (Fsp3) is 0.312. The number of pyridine rings is 1. The summed E-state index contributed by atoms with van der Waals surface area (Å²) in [5.74, 6) is 1.51. The normalized spacial score (nSPS) is 13.4. The van der Waals surface area contributed by atoms with E-state index in [4.69, 9.17) is 15.2 Å². The summed E-state index contributed by atoms with van der Waals surface area (Å²) in [5.41, 5.74) is 9.07. The van der Waals surface area contributed by atoms with Crippen LogP contribution in [-0.4, -0.2) is 30.1 Å². The molecule has 1 aromatic carbocycles. The molecule has 0 fully saturated rings. The lowest BCUT2D eigenvalue weighted by Crippen LogP contribution is -2.20. The summed E-state index contributed by atoms with van der Waals surface area (Å²) in [6.45, 7) is 2.73. The molecule has 0 spiro atoms. The molecular formula is C16H19N3O2. The number of nitrogens with two attached hydrogens (primary N) is 1. The van der Waals surface area contributed by atoms with Gasteiger partial charge in [-0.3, -0.25) is 9.88 Å². The van der Waals surface area contributed by atoms with Gasteiger partial charge in [-0.15, -0.1) is 0 Å². The lowest BCUT2D eigenvalue weighted by Gasteiger charge is -2.22. The predicted octanol–water partition coefficient (Wildman–Crippen LogP) is 2.07. The molecule has 2 N–H and O–H groups in total. The summed E-state index contributed by atoms with van der Waals surface area (Å²) in [6, 6.07) is 7.84. The third kappa shape index (κ3) is 3.25. The molecule has 0 saturated carbocycles. The van der Waals surface area contributed by atoms with E-state index in [1.165, 1.54) is 5.56 Å². The molecule has 0 saturated heterocycles. The van der Waals surface area contributed by atoms with Crippen LogP contribution in [0.2, 0.25) is 0 Å². The Morgan fingerprint density at radius 2 is 1.95 bits per heavy atom. The molecule has 2 heterocycles. The van der Waals surface area contributed by atoms with Gasteiger partial charge in [0.05, 0.1) is 0 Å². The standard InChI is InChI=1S/C16H19N3O2/c1-19(10-12-3-2-4-18-9-12)11-13-7-15-16(8-14(13)17)21-6-5-20-15/h2-4,7-9H,5-6,10-11,17H2,1H3. The Bertz CT molecular complexity index is 616. The molecule has 0 atom stereocenters. The highest BCUT2D eigenvalue weighted by Crippen LogP contribution is 2.34. The molecule has 0 unspecified atom stereocenters. The Balaban J connectivity index is 1.72. The Morgan fingerprint density at radius 3 is 2.67 bits per heavy atom. The van der Waals surface area contributed by atoms with Gasteiger partial charge in [-0.05, 0) is 30.3 Å². The van der Waals surface area contributed by atoms with Gasteiger partial charge >= 0.3 is 0 Å². The number of anilines is 1. The van der Waals surface area contributed by atoms with E-state index in [0.717, 1.165) is 35.8 Å². The van der Waals surface area contributed by atoms with E-state index in [0.29, 0.717) is 13.2 Å². The van der Waals surface area contributed by atoms with Gasteiger partial charge in [0.1, 0.15) is 13.2 Å². The average molecular weight is 285 g/mol. The lowest BCUT2D eigenvalue weighted by molar-refractivity contribution is 0.171. The molecule has 0 bridgehead atoms. The number of aromatic nitrogens is 1. The van der Waals surface area contributed by atoms with Crippen molar-refractivity contribution < 1.29 is 9.47 Å². The van der Waals surface area contributed by atoms with Crippen LogP contribution in [0, 0.1) is 0 Å². The van der Waals surface area contributed by atoms with E-state index in [2.05, 4.69) is 23.0 Å². The fourth-order valence-corrected chi connectivity index (χ4v) is 2.43. The maximum absolute atomic E-state index is 6.11. The van der Waals surface area contributed by atoms with Crippen LogP contribution in [0.5, 0.6) is 11.5 Å². The topological polar surface area (TPSA) is 60.6 Å². The van der Waals surface area contributed by atoms with Crippen LogP contribution in [0.25, 0.3) is 0 Å². The summed E-state index contributed by atoms with van der Waals surface area (Å²) < 4.78 is 11.1. The minimum atomic E-state index is 0.576. The van der Waals surface area contributed by atoms with Gasteiger partial charge < -0.3 is 15.2 Å². The highest BCUT2D eigenvalue weighted by Gasteiger charge is 2.15. The number of hydrogen-bond donors (Lipinski definition) is 1. The molecule has 5 nitrogen and oxygen atoms in total. The molecule has 0 amide bonds. The highest BCUT2D eigenvalue weighted by molar-refractivity contribution is 5.58. The molecule has 110 valence electrons. The first-order valence-corrected chi connectivity index (χ1v) is 6.98. The molecule has 1 aliphatic rings. The SMILES string of the molecule is CN(Cc1cccnc1)Cc1cc2c(cc1N)OCCO2. The Labute approximate surface area is 124 Å². The Kier molecular flexibility index (Phi) is 3.92. The number of ether oxygens (including phenoxy) is 2. The van der Waals surface area contributed by atoms with E-state index in [9.17, 15) is 0 Å². The Hall–Kier alpha value is -2.27. The summed E-state index contributed by atoms with van der Waals surface area (Å²) in [4.78, 5) is 6.33. The van der Waals surface area contributed by atoms with Crippen molar-refractivity contribution in [3.63, 3.8) is 0 Å². The number of nitrogens with zero attached hydrogens (tertiary/aromatic N) is 2. The van der Waals surface area contributed by atoms with Gasteiger partial charge in [0.25, 0.3) is 0 Å². The second-order valence-corrected chi connectivity index (χ2v) is 5.23. The molecule has 5 heteroatoms. The molecule has 3 rings (SSSR count). The van der Waals surface area contributed by atoms with E-state index in [1.807, 2.05) is 24.4 Å². The first-order chi connectivity index (χ1) is 10.2. The molecule has 2 aromatic rings. The Morgan fingerprint density at radius 1 is 1.19 bits per heavy atom. The largest absolute Gasteiger partial charge is 0.486 e. The summed E-state index contributed by atoms with van der Waals surface area (Å²) >= 11 is 0. The molecule has 1 aliphatic heterocycles. The van der Waals surface area contributed by atoms with Crippen molar-refractivity contribution in [2.75, 3.05) is 26.0 Å². The van der Waals surface area contributed by atoms with Crippen LogP contribution in [0.3, 0.4) is 0 Å². The van der Waals surface area contributed by atoms with Crippen LogP contribution >= 0.6 is 0 Å². The third-order valence-electron chi connectivity index (χ3n) is 3.42. The molecule has 0 aliphatic carbocycles. The van der Waals surface area contributed by atoms with Gasteiger partial charge in [0, 0.05) is 37.2 Å². The lowest BCUT2D eigenvalue weighted by atomic mass is 10.1. The molecule has 1 aromatic heterocycles. The van der Waals surface area contributed by atoms with Crippen LogP contribution in [-0.2, 0) is 13.1 Å². The van der Waals surface area contributed by atoms with Crippen LogP contribution in [0.15, 0.2) is 36.7 Å². The predicted molar refractivity (Wildman–Crippen MR) is 81.3 cm³/mol. The zero-order valence-corrected chi connectivity index (χ0v) is 12.1. The van der Waals surface area contributed by atoms with E-state index in [-0.39, 0.29) is 0 Å². The monoisotopic (exact) mass is 285 g/mol. The zero-order chi connectivity index (χ0) is 14.7. The smallest absolute Gasteiger partial charge is 0.163 e. The molecular weight excluding hydrogens is 266 g/mol. The molecule has 21 heavy (non-hydrogen) atoms. The van der Waals surface area contributed by atoms with Crippen molar-refractivity contribution in [1.29, 1.82) is 0 Å². The van der Waals surface area contributed by atoms with E-state index in [1.54, 1.807) is 6.20 Å². The maximum atomic E-state index is 6.11. The van der Waals surface area contributed by atoms with Crippen molar-refractivity contribution in [3.05, 3.63) is 47.8 Å². The van der Waals surface area contributed by atoms with Gasteiger partial charge in [0.2, 0.25) is 0 Å². The fourth-order valence-electron chi connectivity index (χ4n) is 2.43. The van der Waals surface area contributed by atoms with E-state index >= 15 is 0 Å². The first kappa shape index (κ1) is 13.7. The number of rotatable bonds is 4. The third-order valence-corrected chi connectivity index (χ3v) is 3.42. The van der Waals surface area contributed by atoms with Gasteiger partial charge in [0.15, 0.2) is 11.5 Å². The highest BCUT2D eigenvalue weighted by atomic mass is 16.6. The zero-order valence-electron chi connectivity index (χ0n) is 12.1. The number of nitrogen functional groups attached to an aromatic ring is 1.